The van der Waals surface area contributed by atoms with Crippen LogP contribution in [0, 0.1) is 22.9 Å². The highest BCUT2D eigenvalue weighted by molar-refractivity contribution is 7.89. The van der Waals surface area contributed by atoms with Crippen molar-refractivity contribution in [2.45, 2.75) is 11.8 Å². The van der Waals surface area contributed by atoms with Crippen molar-refractivity contribution in [2.75, 3.05) is 13.2 Å². The summed E-state index contributed by atoms with van der Waals surface area (Å²) in [4.78, 5) is 9.93. The molecule has 0 aromatic heterocycles. The zero-order chi connectivity index (χ0) is 17.7. The molecule has 0 amide bonds. The molecule has 2 aromatic carbocycles. The molecule has 128 valence electrons. The van der Waals surface area contributed by atoms with E-state index in [0.29, 0.717) is 5.56 Å². The van der Waals surface area contributed by atoms with E-state index in [9.17, 15) is 22.9 Å². The molecule has 0 atom stereocenters. The van der Waals surface area contributed by atoms with Gasteiger partial charge < -0.3 is 4.74 Å². The monoisotopic (exact) mass is 354 g/mol. The molecule has 0 unspecified atom stereocenters. The van der Waals surface area contributed by atoms with Crippen LogP contribution in [0.1, 0.15) is 5.56 Å². The highest BCUT2D eigenvalue weighted by Crippen LogP contribution is 2.21. The SMILES string of the molecule is Cc1ccc([N+](=O)[O-])cc1S(=O)(=O)NCCOc1ccccc1F. The lowest BCUT2D eigenvalue weighted by molar-refractivity contribution is -0.385. The number of benzene rings is 2. The van der Waals surface area contributed by atoms with Crippen molar-refractivity contribution >= 4 is 15.7 Å². The second-order valence-corrected chi connectivity index (χ2v) is 6.62. The number of aryl methyl sites for hydroxylation is 1. The Hall–Kier alpha value is -2.52. The molecule has 2 aromatic rings. The number of hydrogen-bond acceptors (Lipinski definition) is 5. The summed E-state index contributed by atoms with van der Waals surface area (Å²) in [6.07, 6.45) is 0. The molecule has 7 nitrogen and oxygen atoms in total. The molecule has 0 aliphatic heterocycles. The number of para-hydroxylation sites is 1. The number of nitro benzene ring substituents is 1. The molecule has 24 heavy (non-hydrogen) atoms. The van der Waals surface area contributed by atoms with Crippen molar-refractivity contribution in [1.82, 2.24) is 4.72 Å². The largest absolute Gasteiger partial charge is 0.489 e. The summed E-state index contributed by atoms with van der Waals surface area (Å²) in [5.74, 6) is -0.530. The average Bonchev–Trinajstić information content (AvgIpc) is 2.53. The maximum atomic E-state index is 13.4. The van der Waals surface area contributed by atoms with Crippen molar-refractivity contribution < 1.29 is 22.5 Å². The first kappa shape index (κ1) is 17.8. The summed E-state index contributed by atoms with van der Waals surface area (Å²) in [6, 6.07) is 9.35. The third kappa shape index (κ3) is 4.27. The molecule has 0 saturated carbocycles. The van der Waals surface area contributed by atoms with E-state index in [1.54, 1.807) is 6.07 Å². The van der Waals surface area contributed by atoms with Gasteiger partial charge in [-0.05, 0) is 24.6 Å². The summed E-state index contributed by atoms with van der Waals surface area (Å²) < 4.78 is 45.3. The van der Waals surface area contributed by atoms with E-state index in [1.807, 2.05) is 0 Å². The first-order valence-corrected chi connectivity index (χ1v) is 8.41. The van der Waals surface area contributed by atoms with Gasteiger partial charge >= 0.3 is 0 Å². The third-order valence-electron chi connectivity index (χ3n) is 3.16. The van der Waals surface area contributed by atoms with Crippen LogP contribution in [-0.4, -0.2) is 26.5 Å². The van der Waals surface area contributed by atoms with Crippen molar-refractivity contribution in [3.63, 3.8) is 0 Å². The van der Waals surface area contributed by atoms with Crippen LogP contribution >= 0.6 is 0 Å². The molecule has 0 aliphatic carbocycles. The summed E-state index contributed by atoms with van der Waals surface area (Å²) >= 11 is 0. The van der Waals surface area contributed by atoms with E-state index >= 15 is 0 Å². The van der Waals surface area contributed by atoms with Crippen molar-refractivity contribution in [3.05, 3.63) is 64.0 Å². The van der Waals surface area contributed by atoms with Crippen LogP contribution in [0.15, 0.2) is 47.4 Å². The van der Waals surface area contributed by atoms with E-state index in [1.165, 1.54) is 37.3 Å². The number of non-ortho nitro benzene ring substituents is 1. The van der Waals surface area contributed by atoms with Crippen LogP contribution < -0.4 is 9.46 Å². The topological polar surface area (TPSA) is 98.5 Å². The lowest BCUT2D eigenvalue weighted by atomic mass is 10.2. The predicted octanol–water partition coefficient (Wildman–Crippen LogP) is 2.40. The van der Waals surface area contributed by atoms with E-state index in [0.717, 1.165) is 6.07 Å². The lowest BCUT2D eigenvalue weighted by Crippen LogP contribution is -2.29. The van der Waals surface area contributed by atoms with Crippen LogP contribution in [0.5, 0.6) is 5.75 Å². The minimum Gasteiger partial charge on any atom is -0.489 e. The number of nitrogens with one attached hydrogen (secondary N) is 1. The van der Waals surface area contributed by atoms with E-state index in [2.05, 4.69) is 4.72 Å². The van der Waals surface area contributed by atoms with Gasteiger partial charge in [0.2, 0.25) is 10.0 Å². The van der Waals surface area contributed by atoms with Gasteiger partial charge in [0.25, 0.3) is 5.69 Å². The van der Waals surface area contributed by atoms with Gasteiger partial charge in [-0.15, -0.1) is 0 Å². The Morgan fingerprint density at radius 1 is 1.25 bits per heavy atom. The predicted molar refractivity (Wildman–Crippen MR) is 84.9 cm³/mol. The fourth-order valence-electron chi connectivity index (χ4n) is 1.97. The van der Waals surface area contributed by atoms with Gasteiger partial charge in [0.05, 0.1) is 9.82 Å². The molecular formula is C15H15FN2O5S. The Morgan fingerprint density at radius 2 is 1.96 bits per heavy atom. The third-order valence-corrected chi connectivity index (χ3v) is 4.76. The maximum absolute atomic E-state index is 13.4. The molecule has 9 heteroatoms. The summed E-state index contributed by atoms with van der Waals surface area (Å²) in [5, 5.41) is 10.8. The highest BCUT2D eigenvalue weighted by atomic mass is 32.2. The first-order valence-electron chi connectivity index (χ1n) is 6.93. The Bertz CT molecular complexity index is 855. The van der Waals surface area contributed by atoms with Crippen LogP contribution in [-0.2, 0) is 10.0 Å². The molecule has 0 aliphatic rings. The quantitative estimate of drug-likeness (QED) is 0.468. The van der Waals surface area contributed by atoms with Gasteiger partial charge in [-0.3, -0.25) is 10.1 Å². The van der Waals surface area contributed by atoms with Crippen molar-refractivity contribution in [2.24, 2.45) is 0 Å². The van der Waals surface area contributed by atoms with Crippen LogP contribution in [0.25, 0.3) is 0 Å². The molecule has 0 radical (unpaired) electrons. The number of hydrogen-bond donors (Lipinski definition) is 1. The lowest BCUT2D eigenvalue weighted by Gasteiger charge is -2.10. The molecule has 1 N–H and O–H groups in total. The zero-order valence-electron chi connectivity index (χ0n) is 12.7. The number of rotatable bonds is 7. The van der Waals surface area contributed by atoms with Crippen molar-refractivity contribution in [1.29, 1.82) is 0 Å². The number of nitro groups is 1. The van der Waals surface area contributed by atoms with Crippen molar-refractivity contribution in [3.8, 4) is 5.75 Å². The van der Waals surface area contributed by atoms with Crippen LogP contribution in [0.3, 0.4) is 0 Å². The summed E-state index contributed by atoms with van der Waals surface area (Å²) in [7, 11) is -3.94. The van der Waals surface area contributed by atoms with Gasteiger partial charge in [0.15, 0.2) is 11.6 Å². The standard InChI is InChI=1S/C15H15FN2O5S/c1-11-6-7-12(18(19)20)10-15(11)24(21,22)17-8-9-23-14-5-3-2-4-13(14)16/h2-7,10,17H,8-9H2,1H3. The number of ether oxygens (including phenoxy) is 1. The van der Waals surface area contributed by atoms with Gasteiger partial charge in [-0.1, -0.05) is 18.2 Å². The normalized spacial score (nSPS) is 11.2. The van der Waals surface area contributed by atoms with E-state index in [4.69, 9.17) is 4.74 Å². The Labute approximate surface area is 138 Å². The van der Waals surface area contributed by atoms with E-state index in [-0.39, 0.29) is 29.5 Å². The molecule has 0 saturated heterocycles. The first-order chi connectivity index (χ1) is 11.3. The minimum atomic E-state index is -3.94. The molecule has 0 spiro atoms. The fourth-order valence-corrected chi connectivity index (χ4v) is 3.24. The van der Waals surface area contributed by atoms with Gasteiger partial charge in [0.1, 0.15) is 6.61 Å². The zero-order valence-corrected chi connectivity index (χ0v) is 13.5. The highest BCUT2D eigenvalue weighted by Gasteiger charge is 2.20. The summed E-state index contributed by atoms with van der Waals surface area (Å²) in [6.45, 7) is 1.33. The summed E-state index contributed by atoms with van der Waals surface area (Å²) in [5.41, 5.74) is 0.0618. The maximum Gasteiger partial charge on any atom is 0.270 e. The Balaban J connectivity index is 2.03. The number of nitrogens with zero attached hydrogens (tertiary/aromatic N) is 1. The molecule has 0 fully saturated rings. The van der Waals surface area contributed by atoms with E-state index < -0.39 is 20.8 Å². The average molecular weight is 354 g/mol. The minimum absolute atomic E-state index is 0.0169. The number of sulfonamides is 1. The fraction of sp³-hybridized carbons (Fsp3) is 0.200. The Morgan fingerprint density at radius 3 is 2.62 bits per heavy atom. The van der Waals surface area contributed by atoms with Gasteiger partial charge in [0, 0.05) is 18.7 Å². The molecule has 0 heterocycles. The molecular weight excluding hydrogens is 339 g/mol. The van der Waals surface area contributed by atoms with Crippen LogP contribution in [0.4, 0.5) is 10.1 Å². The van der Waals surface area contributed by atoms with Gasteiger partial charge in [-0.2, -0.15) is 0 Å². The Kier molecular flexibility index (Phi) is 5.47. The van der Waals surface area contributed by atoms with Gasteiger partial charge in [-0.25, -0.2) is 17.5 Å². The molecule has 0 bridgehead atoms. The smallest absolute Gasteiger partial charge is 0.270 e. The number of halogens is 1. The second kappa shape index (κ2) is 7.37. The van der Waals surface area contributed by atoms with Crippen LogP contribution in [0.2, 0.25) is 0 Å². The molecule has 2 rings (SSSR count). The second-order valence-electron chi connectivity index (χ2n) is 4.88.